The average Bonchev–Trinajstić information content (AvgIpc) is 2.49. The second kappa shape index (κ2) is 4.98. The van der Waals surface area contributed by atoms with Crippen LogP contribution in [-0.2, 0) is 7.05 Å². The van der Waals surface area contributed by atoms with E-state index in [4.69, 9.17) is 5.73 Å². The molecule has 0 unspecified atom stereocenters. The lowest BCUT2D eigenvalue weighted by Gasteiger charge is -2.23. The molecule has 17 heavy (non-hydrogen) atoms. The molecule has 4 nitrogen and oxygen atoms in total. The molecule has 2 rings (SSSR count). The number of nitrogen functional groups attached to an aromatic ring is 1. The van der Waals surface area contributed by atoms with Gasteiger partial charge in [0, 0.05) is 20.1 Å². The van der Waals surface area contributed by atoms with E-state index in [2.05, 4.69) is 23.8 Å². The molecule has 2 heterocycles. The van der Waals surface area contributed by atoms with Crippen LogP contribution in [0.3, 0.4) is 0 Å². The zero-order valence-corrected chi connectivity index (χ0v) is 11.2. The van der Waals surface area contributed by atoms with Gasteiger partial charge in [-0.1, -0.05) is 26.7 Å². The van der Waals surface area contributed by atoms with Gasteiger partial charge in [0.05, 0.1) is 11.4 Å². The van der Waals surface area contributed by atoms with Gasteiger partial charge in [-0.2, -0.15) is 5.10 Å². The highest BCUT2D eigenvalue weighted by atomic mass is 15.4. The summed E-state index contributed by atoms with van der Waals surface area (Å²) < 4.78 is 1.95. The fourth-order valence-electron chi connectivity index (χ4n) is 2.64. The van der Waals surface area contributed by atoms with Crippen molar-refractivity contribution in [1.29, 1.82) is 0 Å². The van der Waals surface area contributed by atoms with Crippen LogP contribution in [0, 0.1) is 0 Å². The van der Waals surface area contributed by atoms with E-state index >= 15 is 0 Å². The van der Waals surface area contributed by atoms with Gasteiger partial charge in [0.1, 0.15) is 5.82 Å². The summed E-state index contributed by atoms with van der Waals surface area (Å²) in [6, 6.07) is 0. The van der Waals surface area contributed by atoms with E-state index in [1.54, 1.807) is 0 Å². The Bertz CT molecular complexity index is 373. The van der Waals surface area contributed by atoms with Gasteiger partial charge in [-0.05, 0) is 18.8 Å². The molecule has 0 atom stereocenters. The van der Waals surface area contributed by atoms with Crippen LogP contribution in [0.15, 0.2) is 0 Å². The molecule has 1 fully saturated rings. The van der Waals surface area contributed by atoms with Gasteiger partial charge in [-0.3, -0.25) is 4.68 Å². The van der Waals surface area contributed by atoms with Crippen molar-refractivity contribution in [3.05, 3.63) is 5.69 Å². The topological polar surface area (TPSA) is 47.1 Å². The molecular formula is C13H24N4. The second-order valence-electron chi connectivity index (χ2n) is 5.30. The molecule has 0 saturated carbocycles. The largest absolute Gasteiger partial charge is 0.394 e. The van der Waals surface area contributed by atoms with E-state index in [1.165, 1.54) is 25.7 Å². The third-order valence-electron chi connectivity index (χ3n) is 3.53. The smallest absolute Gasteiger partial charge is 0.150 e. The molecule has 0 aromatic carbocycles. The summed E-state index contributed by atoms with van der Waals surface area (Å²) in [4.78, 5) is 2.40. The first-order valence-corrected chi connectivity index (χ1v) is 6.68. The molecule has 0 radical (unpaired) electrons. The van der Waals surface area contributed by atoms with Crippen molar-refractivity contribution in [1.82, 2.24) is 9.78 Å². The summed E-state index contributed by atoms with van der Waals surface area (Å²) in [5, 5.41) is 4.57. The van der Waals surface area contributed by atoms with Crippen molar-refractivity contribution in [3.8, 4) is 0 Å². The highest BCUT2D eigenvalue weighted by Gasteiger charge is 2.21. The van der Waals surface area contributed by atoms with E-state index in [1.807, 2.05) is 11.7 Å². The maximum atomic E-state index is 6.26. The summed E-state index contributed by atoms with van der Waals surface area (Å²) in [6.45, 7) is 6.51. The quantitative estimate of drug-likeness (QED) is 0.858. The number of nitrogens with zero attached hydrogens (tertiary/aromatic N) is 3. The molecule has 1 aromatic rings. The first-order chi connectivity index (χ1) is 8.11. The number of aromatic nitrogens is 2. The predicted molar refractivity (Wildman–Crippen MR) is 72.4 cm³/mol. The summed E-state index contributed by atoms with van der Waals surface area (Å²) in [6.07, 6.45) is 5.21. The summed E-state index contributed by atoms with van der Waals surface area (Å²) in [5.74, 6) is 1.51. The monoisotopic (exact) mass is 236 g/mol. The van der Waals surface area contributed by atoms with Gasteiger partial charge >= 0.3 is 0 Å². The van der Waals surface area contributed by atoms with Crippen LogP contribution in [0.1, 0.15) is 51.1 Å². The maximum absolute atomic E-state index is 6.26. The van der Waals surface area contributed by atoms with Crippen LogP contribution in [-0.4, -0.2) is 22.9 Å². The summed E-state index contributed by atoms with van der Waals surface area (Å²) in [7, 11) is 2.00. The van der Waals surface area contributed by atoms with Crippen LogP contribution < -0.4 is 10.6 Å². The standard InChI is InChI=1S/C13H24N4/c1-10(2)12-11(14)13(16(3)15-12)17-8-6-4-5-7-9-17/h10H,4-9,14H2,1-3H3. The lowest BCUT2D eigenvalue weighted by molar-refractivity contribution is 0.681. The molecule has 0 amide bonds. The minimum atomic E-state index is 0.391. The van der Waals surface area contributed by atoms with E-state index in [-0.39, 0.29) is 0 Å². The number of nitrogens with two attached hydrogens (primary N) is 1. The minimum absolute atomic E-state index is 0.391. The zero-order valence-electron chi connectivity index (χ0n) is 11.2. The summed E-state index contributed by atoms with van der Waals surface area (Å²) in [5.41, 5.74) is 8.18. The molecule has 0 bridgehead atoms. The fourth-order valence-corrected chi connectivity index (χ4v) is 2.64. The maximum Gasteiger partial charge on any atom is 0.150 e. The van der Waals surface area contributed by atoms with Crippen molar-refractivity contribution in [2.75, 3.05) is 23.7 Å². The molecule has 1 saturated heterocycles. The van der Waals surface area contributed by atoms with Gasteiger partial charge in [0.2, 0.25) is 0 Å². The van der Waals surface area contributed by atoms with Gasteiger partial charge in [-0.25, -0.2) is 0 Å². The number of anilines is 2. The number of hydrogen-bond acceptors (Lipinski definition) is 3. The Morgan fingerprint density at radius 1 is 1.12 bits per heavy atom. The molecule has 1 aromatic heterocycles. The lowest BCUT2D eigenvalue weighted by atomic mass is 10.1. The normalized spacial score (nSPS) is 17.5. The van der Waals surface area contributed by atoms with Crippen molar-refractivity contribution in [2.45, 2.75) is 45.4 Å². The van der Waals surface area contributed by atoms with Gasteiger partial charge in [0.15, 0.2) is 0 Å². The van der Waals surface area contributed by atoms with E-state index in [0.717, 1.165) is 30.3 Å². The molecular weight excluding hydrogens is 212 g/mol. The number of aryl methyl sites for hydroxylation is 1. The van der Waals surface area contributed by atoms with Gasteiger partial charge < -0.3 is 10.6 Å². The summed E-state index contributed by atoms with van der Waals surface area (Å²) >= 11 is 0. The Morgan fingerprint density at radius 2 is 1.71 bits per heavy atom. The van der Waals surface area contributed by atoms with Crippen LogP contribution >= 0.6 is 0 Å². The van der Waals surface area contributed by atoms with E-state index < -0.39 is 0 Å². The Labute approximate surface area is 104 Å². The first-order valence-electron chi connectivity index (χ1n) is 6.68. The average molecular weight is 236 g/mol. The van der Waals surface area contributed by atoms with Crippen molar-refractivity contribution in [2.24, 2.45) is 7.05 Å². The Balaban J connectivity index is 2.30. The van der Waals surface area contributed by atoms with Gasteiger partial charge in [-0.15, -0.1) is 0 Å². The fraction of sp³-hybridized carbons (Fsp3) is 0.769. The highest BCUT2D eigenvalue weighted by Crippen LogP contribution is 2.31. The molecule has 2 N–H and O–H groups in total. The van der Waals surface area contributed by atoms with Crippen LogP contribution in [0.4, 0.5) is 11.5 Å². The van der Waals surface area contributed by atoms with Crippen LogP contribution in [0.2, 0.25) is 0 Å². The number of rotatable bonds is 2. The molecule has 1 aliphatic rings. The SMILES string of the molecule is CC(C)c1nn(C)c(N2CCCCCC2)c1N. The Hall–Kier alpha value is -1.19. The van der Waals surface area contributed by atoms with Crippen molar-refractivity contribution in [3.63, 3.8) is 0 Å². The van der Waals surface area contributed by atoms with Crippen molar-refractivity contribution < 1.29 is 0 Å². The highest BCUT2D eigenvalue weighted by molar-refractivity contribution is 5.67. The molecule has 0 aliphatic carbocycles. The molecule has 4 heteroatoms. The van der Waals surface area contributed by atoms with Gasteiger partial charge in [0.25, 0.3) is 0 Å². The van der Waals surface area contributed by atoms with E-state index in [0.29, 0.717) is 5.92 Å². The van der Waals surface area contributed by atoms with Crippen molar-refractivity contribution >= 4 is 11.5 Å². The molecule has 96 valence electrons. The lowest BCUT2D eigenvalue weighted by Crippen LogP contribution is -2.26. The first kappa shape index (κ1) is 12.3. The molecule has 0 spiro atoms. The Morgan fingerprint density at radius 3 is 2.18 bits per heavy atom. The van der Waals surface area contributed by atoms with E-state index in [9.17, 15) is 0 Å². The second-order valence-corrected chi connectivity index (χ2v) is 5.30. The third kappa shape index (κ3) is 2.40. The predicted octanol–water partition coefficient (Wildman–Crippen LogP) is 2.51. The molecule has 1 aliphatic heterocycles. The minimum Gasteiger partial charge on any atom is -0.394 e. The number of hydrogen-bond donors (Lipinski definition) is 1. The zero-order chi connectivity index (χ0) is 12.4. The van der Waals surface area contributed by atoms with Crippen LogP contribution in [0.25, 0.3) is 0 Å². The van der Waals surface area contributed by atoms with Crippen LogP contribution in [0.5, 0.6) is 0 Å². The Kier molecular flexibility index (Phi) is 3.60. The third-order valence-corrected chi connectivity index (χ3v) is 3.53.